The van der Waals surface area contributed by atoms with Crippen LogP contribution in [0.3, 0.4) is 0 Å². The van der Waals surface area contributed by atoms with Crippen molar-refractivity contribution in [3.8, 4) is 5.75 Å². The second-order valence-electron chi connectivity index (χ2n) is 4.55. The number of amides is 1. The maximum Gasteiger partial charge on any atom is 0.312 e. The lowest BCUT2D eigenvalue weighted by atomic mass is 9.95. The number of carboxylic acid groups (broad SMARTS) is 1. The summed E-state index contributed by atoms with van der Waals surface area (Å²) in [4.78, 5) is 33.0. The van der Waals surface area contributed by atoms with E-state index in [0.717, 1.165) is 6.07 Å². The van der Waals surface area contributed by atoms with Gasteiger partial charge in [0.05, 0.1) is 18.0 Å². The average molecular weight is 296 g/mol. The van der Waals surface area contributed by atoms with Crippen LogP contribution in [0.1, 0.15) is 13.8 Å². The van der Waals surface area contributed by atoms with Gasteiger partial charge >= 0.3 is 11.7 Å². The second-order valence-corrected chi connectivity index (χ2v) is 4.55. The number of carbonyl (C=O) groups excluding carboxylic acids is 1. The van der Waals surface area contributed by atoms with Crippen molar-refractivity contribution in [1.82, 2.24) is 0 Å². The molecule has 2 N–H and O–H groups in total. The van der Waals surface area contributed by atoms with Gasteiger partial charge in [0.25, 0.3) is 0 Å². The molecule has 0 aliphatic carbocycles. The van der Waals surface area contributed by atoms with Crippen LogP contribution in [0.25, 0.3) is 0 Å². The SMILES string of the molecule is COc1ccc(NC(=O)C(C)C(C)C(=O)O)cc1[N+](=O)[O-]. The molecule has 8 heteroatoms. The highest BCUT2D eigenvalue weighted by Crippen LogP contribution is 2.30. The van der Waals surface area contributed by atoms with Crippen LogP contribution in [0.4, 0.5) is 11.4 Å². The van der Waals surface area contributed by atoms with E-state index in [-0.39, 0.29) is 17.1 Å². The molecule has 0 aliphatic rings. The molecule has 0 radical (unpaired) electrons. The zero-order valence-electron chi connectivity index (χ0n) is 11.8. The molecule has 2 atom stereocenters. The van der Waals surface area contributed by atoms with Crippen molar-refractivity contribution >= 4 is 23.3 Å². The Morgan fingerprint density at radius 1 is 1.33 bits per heavy atom. The van der Waals surface area contributed by atoms with Gasteiger partial charge in [0.15, 0.2) is 5.75 Å². The third-order valence-corrected chi connectivity index (χ3v) is 3.20. The number of nitrogens with zero attached hydrogens (tertiary/aromatic N) is 1. The standard InChI is InChI=1S/C13H16N2O6/c1-7(8(2)13(17)18)12(16)14-9-4-5-11(21-3)10(6-9)15(19)20/h4-8H,1-3H3,(H,14,16)(H,17,18). The Hall–Kier alpha value is -2.64. The van der Waals surface area contributed by atoms with Crippen molar-refractivity contribution in [3.63, 3.8) is 0 Å². The molecule has 1 aromatic rings. The number of methoxy groups -OCH3 is 1. The van der Waals surface area contributed by atoms with E-state index in [1.54, 1.807) is 0 Å². The van der Waals surface area contributed by atoms with Gasteiger partial charge in [-0.3, -0.25) is 19.7 Å². The highest BCUT2D eigenvalue weighted by atomic mass is 16.6. The van der Waals surface area contributed by atoms with Crippen LogP contribution in [0.15, 0.2) is 18.2 Å². The smallest absolute Gasteiger partial charge is 0.312 e. The molecule has 21 heavy (non-hydrogen) atoms. The summed E-state index contributed by atoms with van der Waals surface area (Å²) in [5.41, 5.74) is -0.0776. The summed E-state index contributed by atoms with van der Waals surface area (Å²) in [6, 6.07) is 3.97. The number of carbonyl (C=O) groups is 2. The largest absolute Gasteiger partial charge is 0.490 e. The summed E-state index contributed by atoms with van der Waals surface area (Å²) >= 11 is 0. The molecule has 2 unspecified atom stereocenters. The first-order valence-electron chi connectivity index (χ1n) is 6.14. The average Bonchev–Trinajstić information content (AvgIpc) is 2.45. The minimum atomic E-state index is -1.08. The number of hydrogen-bond donors (Lipinski definition) is 2. The van der Waals surface area contributed by atoms with E-state index in [2.05, 4.69) is 5.32 Å². The van der Waals surface area contributed by atoms with Crippen LogP contribution in [0, 0.1) is 22.0 Å². The van der Waals surface area contributed by atoms with Gasteiger partial charge in [-0.2, -0.15) is 0 Å². The summed E-state index contributed by atoms with van der Waals surface area (Å²) in [5, 5.41) is 22.2. The zero-order valence-corrected chi connectivity index (χ0v) is 11.8. The van der Waals surface area contributed by atoms with Crippen LogP contribution in [-0.2, 0) is 9.59 Å². The molecule has 0 heterocycles. The van der Waals surface area contributed by atoms with Gasteiger partial charge in [-0.1, -0.05) is 13.8 Å². The summed E-state index contributed by atoms with van der Waals surface area (Å²) in [6.07, 6.45) is 0. The Morgan fingerprint density at radius 3 is 2.43 bits per heavy atom. The molecule has 1 rings (SSSR count). The van der Waals surface area contributed by atoms with Gasteiger partial charge in [0.1, 0.15) is 0 Å². The molecule has 8 nitrogen and oxygen atoms in total. The van der Waals surface area contributed by atoms with Gasteiger partial charge in [0, 0.05) is 17.7 Å². The van der Waals surface area contributed by atoms with Crippen LogP contribution in [0.2, 0.25) is 0 Å². The number of nitro groups is 1. The Bertz CT molecular complexity index is 572. The molecule has 0 aliphatic heterocycles. The molecule has 0 bridgehead atoms. The van der Waals surface area contributed by atoms with Crippen LogP contribution in [-0.4, -0.2) is 29.0 Å². The maximum atomic E-state index is 11.9. The Labute approximate surface area is 120 Å². The molecule has 1 amide bonds. The summed E-state index contributed by atoms with van der Waals surface area (Å²) < 4.78 is 4.85. The lowest BCUT2D eigenvalue weighted by Crippen LogP contribution is -2.29. The Morgan fingerprint density at radius 2 is 1.95 bits per heavy atom. The highest BCUT2D eigenvalue weighted by Gasteiger charge is 2.26. The number of nitrogens with one attached hydrogen (secondary N) is 1. The molecular formula is C13H16N2O6. The molecule has 114 valence electrons. The van der Waals surface area contributed by atoms with E-state index in [1.165, 1.54) is 33.1 Å². The highest BCUT2D eigenvalue weighted by molar-refractivity contribution is 5.95. The van der Waals surface area contributed by atoms with Gasteiger partial charge in [-0.25, -0.2) is 0 Å². The molecule has 0 saturated heterocycles. The van der Waals surface area contributed by atoms with E-state index in [0.29, 0.717) is 0 Å². The first kappa shape index (κ1) is 16.4. The molecule has 0 fully saturated rings. The number of anilines is 1. The number of nitro benzene ring substituents is 1. The van der Waals surface area contributed by atoms with E-state index in [1.807, 2.05) is 0 Å². The number of rotatable bonds is 6. The third kappa shape index (κ3) is 3.91. The van der Waals surface area contributed by atoms with Crippen LogP contribution >= 0.6 is 0 Å². The Kier molecular flexibility index (Phi) is 5.23. The van der Waals surface area contributed by atoms with Crippen molar-refractivity contribution < 1.29 is 24.4 Å². The molecule has 0 aromatic heterocycles. The minimum absolute atomic E-state index is 0.0740. The number of aliphatic carboxylic acids is 1. The van der Waals surface area contributed by atoms with E-state index in [9.17, 15) is 19.7 Å². The monoisotopic (exact) mass is 296 g/mol. The lowest BCUT2D eigenvalue weighted by molar-refractivity contribution is -0.385. The van der Waals surface area contributed by atoms with Crippen molar-refractivity contribution in [3.05, 3.63) is 28.3 Å². The number of ether oxygens (including phenoxy) is 1. The van der Waals surface area contributed by atoms with Crippen molar-refractivity contribution in [2.45, 2.75) is 13.8 Å². The minimum Gasteiger partial charge on any atom is -0.490 e. The lowest BCUT2D eigenvalue weighted by Gasteiger charge is -2.15. The predicted molar refractivity (Wildman–Crippen MR) is 74.2 cm³/mol. The second kappa shape index (κ2) is 6.69. The number of hydrogen-bond acceptors (Lipinski definition) is 5. The number of carboxylic acids is 1. The van der Waals surface area contributed by atoms with Gasteiger partial charge in [-0.05, 0) is 12.1 Å². The third-order valence-electron chi connectivity index (χ3n) is 3.20. The van der Waals surface area contributed by atoms with Crippen LogP contribution < -0.4 is 10.1 Å². The number of benzene rings is 1. The zero-order chi connectivity index (χ0) is 16.2. The first-order chi connectivity index (χ1) is 9.77. The quantitative estimate of drug-likeness (QED) is 0.611. The van der Waals surface area contributed by atoms with Gasteiger partial charge in [0.2, 0.25) is 5.91 Å². The fourth-order valence-electron chi connectivity index (χ4n) is 1.61. The normalized spacial score (nSPS) is 13.1. The van der Waals surface area contributed by atoms with Crippen molar-refractivity contribution in [2.75, 3.05) is 12.4 Å². The summed E-state index contributed by atoms with van der Waals surface area (Å²) in [5.74, 6) is -3.17. The topological polar surface area (TPSA) is 119 Å². The van der Waals surface area contributed by atoms with Crippen LogP contribution in [0.5, 0.6) is 5.75 Å². The molecule has 0 saturated carbocycles. The van der Waals surface area contributed by atoms with Gasteiger partial charge < -0.3 is 15.2 Å². The van der Waals surface area contributed by atoms with E-state index in [4.69, 9.17) is 9.84 Å². The van der Waals surface area contributed by atoms with Crippen molar-refractivity contribution in [1.29, 1.82) is 0 Å². The Balaban J connectivity index is 2.93. The van der Waals surface area contributed by atoms with E-state index < -0.39 is 28.6 Å². The molecule has 0 spiro atoms. The fourth-order valence-corrected chi connectivity index (χ4v) is 1.61. The van der Waals surface area contributed by atoms with Crippen molar-refractivity contribution in [2.24, 2.45) is 11.8 Å². The van der Waals surface area contributed by atoms with E-state index >= 15 is 0 Å². The predicted octanol–water partition coefficient (Wildman–Crippen LogP) is 1.90. The fraction of sp³-hybridized carbons (Fsp3) is 0.385. The first-order valence-corrected chi connectivity index (χ1v) is 6.14. The molecule has 1 aromatic carbocycles. The van der Waals surface area contributed by atoms with Gasteiger partial charge in [-0.15, -0.1) is 0 Å². The maximum absolute atomic E-state index is 11.9. The summed E-state index contributed by atoms with van der Waals surface area (Å²) in [6.45, 7) is 2.90. The molecular weight excluding hydrogens is 280 g/mol. The summed E-state index contributed by atoms with van der Waals surface area (Å²) in [7, 11) is 1.30.